The van der Waals surface area contributed by atoms with Crippen LogP contribution >= 0.6 is 0 Å². The fraction of sp³-hybridized carbons (Fsp3) is 0.259. The molecule has 2 aliphatic heterocycles. The van der Waals surface area contributed by atoms with E-state index in [1.807, 2.05) is 59.5 Å². The van der Waals surface area contributed by atoms with Crippen LogP contribution < -0.4 is 9.80 Å². The number of fused-ring (bicyclic) bond motifs is 1. The van der Waals surface area contributed by atoms with Crippen LogP contribution in [0, 0.1) is 5.92 Å². The van der Waals surface area contributed by atoms with Gasteiger partial charge in [-0.05, 0) is 48.9 Å². The smallest absolute Gasteiger partial charge is 0.281 e. The van der Waals surface area contributed by atoms with E-state index in [-0.39, 0.29) is 5.91 Å². The van der Waals surface area contributed by atoms with Crippen molar-refractivity contribution in [3.8, 4) is 0 Å². The molecule has 0 atom stereocenters. The summed E-state index contributed by atoms with van der Waals surface area (Å²) in [6.07, 6.45) is 3.57. The molecule has 1 saturated heterocycles. The highest BCUT2D eigenvalue weighted by molar-refractivity contribution is 6.54. The third kappa shape index (κ3) is 4.30. The molecule has 4 heteroatoms. The van der Waals surface area contributed by atoms with Gasteiger partial charge >= 0.3 is 0 Å². The van der Waals surface area contributed by atoms with E-state index in [1.165, 1.54) is 23.3 Å². The Morgan fingerprint density at radius 3 is 2.23 bits per heavy atom. The molecule has 156 valence electrons. The van der Waals surface area contributed by atoms with E-state index in [0.29, 0.717) is 12.4 Å². The molecule has 4 nitrogen and oxygen atoms in total. The van der Waals surface area contributed by atoms with E-state index in [2.05, 4.69) is 30.3 Å². The molecule has 2 heterocycles. The molecule has 0 spiro atoms. The van der Waals surface area contributed by atoms with Gasteiger partial charge in [0.25, 0.3) is 5.91 Å². The highest BCUT2D eigenvalue weighted by Crippen LogP contribution is 2.30. The number of nitrogens with one attached hydrogen (secondary N) is 1. The van der Waals surface area contributed by atoms with Crippen molar-refractivity contribution in [2.45, 2.75) is 19.3 Å². The van der Waals surface area contributed by atoms with E-state index in [9.17, 15) is 4.79 Å². The van der Waals surface area contributed by atoms with Crippen LogP contribution in [-0.4, -0.2) is 31.4 Å². The summed E-state index contributed by atoms with van der Waals surface area (Å²) < 4.78 is 0. The molecule has 3 aromatic carbocycles. The van der Waals surface area contributed by atoms with Gasteiger partial charge in [0.15, 0.2) is 6.67 Å². The third-order valence-electron chi connectivity index (χ3n) is 6.46. The van der Waals surface area contributed by atoms with Crippen molar-refractivity contribution in [3.63, 3.8) is 0 Å². The maximum atomic E-state index is 13.3. The lowest BCUT2D eigenvalue weighted by Crippen LogP contribution is -3.14. The van der Waals surface area contributed by atoms with Gasteiger partial charge in [-0.2, -0.15) is 0 Å². The molecule has 3 aromatic rings. The zero-order valence-corrected chi connectivity index (χ0v) is 17.7. The number of quaternary nitrogens is 1. The highest BCUT2D eigenvalue weighted by Gasteiger charge is 2.36. The van der Waals surface area contributed by atoms with Gasteiger partial charge in [-0.3, -0.25) is 9.69 Å². The van der Waals surface area contributed by atoms with Crippen LogP contribution in [0.15, 0.2) is 89.9 Å². The number of aliphatic imine (C=N–C) groups is 1. The Morgan fingerprint density at radius 2 is 1.48 bits per heavy atom. The van der Waals surface area contributed by atoms with Gasteiger partial charge in [-0.25, -0.2) is 4.99 Å². The zero-order valence-electron chi connectivity index (χ0n) is 17.7. The minimum absolute atomic E-state index is 0.0176. The largest absolute Gasteiger partial charge is 0.317 e. The summed E-state index contributed by atoms with van der Waals surface area (Å²) in [7, 11) is 0. The number of benzene rings is 3. The molecule has 2 aliphatic rings. The Labute approximate surface area is 183 Å². The Bertz CT molecular complexity index is 1070. The van der Waals surface area contributed by atoms with Gasteiger partial charge in [0.1, 0.15) is 5.71 Å². The van der Waals surface area contributed by atoms with E-state index < -0.39 is 0 Å². The minimum atomic E-state index is 0.0176. The van der Waals surface area contributed by atoms with Crippen LogP contribution in [0.1, 0.15) is 24.0 Å². The molecule has 31 heavy (non-hydrogen) atoms. The van der Waals surface area contributed by atoms with Crippen LogP contribution in [-0.2, 0) is 11.2 Å². The number of hydrogen-bond acceptors (Lipinski definition) is 2. The van der Waals surface area contributed by atoms with Gasteiger partial charge in [-0.1, -0.05) is 66.7 Å². The molecule has 0 radical (unpaired) electrons. The second-order valence-electron chi connectivity index (χ2n) is 8.59. The van der Waals surface area contributed by atoms with Crippen molar-refractivity contribution in [2.24, 2.45) is 10.9 Å². The minimum Gasteiger partial charge on any atom is -0.317 e. The highest BCUT2D eigenvalue weighted by atomic mass is 16.2. The van der Waals surface area contributed by atoms with E-state index in [4.69, 9.17) is 4.99 Å². The maximum absolute atomic E-state index is 13.3. The fourth-order valence-corrected chi connectivity index (χ4v) is 4.78. The first kappa shape index (κ1) is 19.7. The summed E-state index contributed by atoms with van der Waals surface area (Å²) in [6, 6.07) is 28.6. The predicted octanol–water partition coefficient (Wildman–Crippen LogP) is 3.65. The van der Waals surface area contributed by atoms with E-state index in [0.717, 1.165) is 42.4 Å². The lowest BCUT2D eigenvalue weighted by molar-refractivity contribution is -0.904. The van der Waals surface area contributed by atoms with Crippen LogP contribution in [0.25, 0.3) is 0 Å². The van der Waals surface area contributed by atoms with E-state index in [1.54, 1.807) is 0 Å². The molecule has 5 rings (SSSR count). The standard InChI is InChI=1S/C27H27N3O/c31-27-26(28-23-11-5-2-6-12-23)24-13-7-8-14-25(24)30(27)20-29-17-15-22(16-18-29)19-21-9-3-1-4-10-21/h1-14,22H,15-20H2/p+1. The molecule has 0 bridgehead atoms. The number of amides is 1. The number of para-hydroxylation sites is 2. The topological polar surface area (TPSA) is 37.1 Å². The first-order valence-corrected chi connectivity index (χ1v) is 11.2. The molecule has 0 aromatic heterocycles. The second kappa shape index (κ2) is 8.86. The summed E-state index contributed by atoms with van der Waals surface area (Å²) >= 11 is 0. The number of nitrogens with zero attached hydrogens (tertiary/aromatic N) is 2. The SMILES string of the molecule is O=C1C(=Nc2ccccc2)c2ccccc2N1C[NH+]1CCC(Cc2ccccc2)CC1. The number of hydrogen-bond donors (Lipinski definition) is 1. The Kier molecular flexibility index (Phi) is 5.63. The normalized spacial score (nSPS) is 22.0. The van der Waals surface area contributed by atoms with Crippen molar-refractivity contribution in [1.29, 1.82) is 0 Å². The predicted molar refractivity (Wildman–Crippen MR) is 125 cm³/mol. The summed E-state index contributed by atoms with van der Waals surface area (Å²) in [4.78, 5) is 21.4. The van der Waals surface area contributed by atoms with Gasteiger partial charge in [0.05, 0.1) is 24.5 Å². The lowest BCUT2D eigenvalue weighted by Gasteiger charge is -2.32. The molecule has 1 N–H and O–H groups in total. The lowest BCUT2D eigenvalue weighted by atomic mass is 9.90. The molecular weight excluding hydrogens is 382 g/mol. The maximum Gasteiger partial charge on any atom is 0.281 e. The van der Waals surface area contributed by atoms with Gasteiger partial charge < -0.3 is 4.90 Å². The Morgan fingerprint density at radius 1 is 0.839 bits per heavy atom. The van der Waals surface area contributed by atoms with Crippen LogP contribution in [0.5, 0.6) is 0 Å². The summed E-state index contributed by atoms with van der Waals surface area (Å²) in [6.45, 7) is 2.92. The Balaban J connectivity index is 1.28. The molecule has 1 fully saturated rings. The van der Waals surface area contributed by atoms with Crippen LogP contribution in [0.4, 0.5) is 11.4 Å². The van der Waals surface area contributed by atoms with Crippen molar-refractivity contribution < 1.29 is 9.69 Å². The van der Waals surface area contributed by atoms with Gasteiger partial charge in [-0.15, -0.1) is 0 Å². The number of piperidine rings is 1. The molecule has 1 amide bonds. The fourth-order valence-electron chi connectivity index (χ4n) is 4.78. The molecule has 0 saturated carbocycles. The van der Waals surface area contributed by atoms with Gasteiger partial charge in [0.2, 0.25) is 0 Å². The first-order valence-electron chi connectivity index (χ1n) is 11.2. The average Bonchev–Trinajstić information content (AvgIpc) is 3.08. The van der Waals surface area contributed by atoms with Crippen LogP contribution in [0.2, 0.25) is 0 Å². The Hall–Kier alpha value is -3.24. The van der Waals surface area contributed by atoms with Crippen molar-refractivity contribution in [3.05, 3.63) is 96.1 Å². The number of carbonyl (C=O) groups is 1. The quantitative estimate of drug-likeness (QED) is 0.685. The first-order chi connectivity index (χ1) is 15.3. The summed E-state index contributed by atoms with van der Waals surface area (Å²) in [5, 5.41) is 0. The average molecular weight is 411 g/mol. The number of rotatable bonds is 5. The molecule has 0 aliphatic carbocycles. The second-order valence-corrected chi connectivity index (χ2v) is 8.59. The number of carbonyl (C=O) groups excluding carboxylic acids is 1. The summed E-state index contributed by atoms with van der Waals surface area (Å²) in [5.41, 5.74) is 4.73. The van der Waals surface area contributed by atoms with Crippen LogP contribution in [0.3, 0.4) is 0 Å². The number of likely N-dealkylation sites (tertiary alicyclic amines) is 1. The zero-order chi connectivity index (χ0) is 21.0. The number of anilines is 1. The van der Waals surface area contributed by atoms with Crippen molar-refractivity contribution >= 4 is 23.0 Å². The van der Waals surface area contributed by atoms with Crippen molar-refractivity contribution in [1.82, 2.24) is 0 Å². The summed E-state index contributed by atoms with van der Waals surface area (Å²) in [5.74, 6) is 0.756. The van der Waals surface area contributed by atoms with E-state index >= 15 is 0 Å². The monoisotopic (exact) mass is 410 g/mol. The molecule has 0 unspecified atom stereocenters. The molecular formula is C27H28N3O+. The third-order valence-corrected chi connectivity index (χ3v) is 6.46. The van der Waals surface area contributed by atoms with Crippen molar-refractivity contribution in [2.75, 3.05) is 24.7 Å². The van der Waals surface area contributed by atoms with Gasteiger partial charge in [0, 0.05) is 5.56 Å².